The number of hydrogen-bond donors (Lipinski definition) is 0. The van der Waals surface area contributed by atoms with Gasteiger partial charge in [-0.1, -0.05) is 98.8 Å². The molecule has 4 bridgehead atoms. The van der Waals surface area contributed by atoms with Crippen molar-refractivity contribution in [3.63, 3.8) is 0 Å². The van der Waals surface area contributed by atoms with Gasteiger partial charge in [-0.25, -0.2) is 0 Å². The zero-order chi connectivity index (χ0) is 34.8. The Morgan fingerprint density at radius 1 is 0.500 bits per heavy atom. The fourth-order valence-electron chi connectivity index (χ4n) is 12.1. The van der Waals surface area contributed by atoms with Crippen molar-refractivity contribution in [1.82, 2.24) is 0 Å². The van der Waals surface area contributed by atoms with Crippen molar-refractivity contribution in [3.05, 3.63) is 161 Å². The average molecular weight is 671 g/mol. The minimum Gasteiger partial charge on any atom is -0.310 e. The Morgan fingerprint density at radius 2 is 1.02 bits per heavy atom. The molecule has 0 unspecified atom stereocenters. The van der Waals surface area contributed by atoms with E-state index < -0.39 is 0 Å². The summed E-state index contributed by atoms with van der Waals surface area (Å²) in [5.41, 5.74) is 18.1. The van der Waals surface area contributed by atoms with Crippen LogP contribution in [-0.4, -0.2) is 0 Å². The third-order valence-electron chi connectivity index (χ3n) is 14.1. The van der Waals surface area contributed by atoms with E-state index in [4.69, 9.17) is 0 Å². The van der Waals surface area contributed by atoms with Gasteiger partial charge in [0.25, 0.3) is 0 Å². The maximum atomic E-state index is 9.34. The number of hydrogen-bond acceptors (Lipinski definition) is 2. The molecule has 0 saturated heterocycles. The summed E-state index contributed by atoms with van der Waals surface area (Å²) in [5, 5.41) is 9.34. The molecule has 0 aliphatic heterocycles. The average Bonchev–Trinajstić information content (AvgIpc) is 3.59. The van der Waals surface area contributed by atoms with Crippen molar-refractivity contribution in [2.75, 3.05) is 4.90 Å². The van der Waals surface area contributed by atoms with Gasteiger partial charge in [-0.15, -0.1) is 0 Å². The van der Waals surface area contributed by atoms with E-state index in [0.717, 1.165) is 40.5 Å². The zero-order valence-corrected chi connectivity index (χ0v) is 29.9. The Kier molecular flexibility index (Phi) is 6.29. The summed E-state index contributed by atoms with van der Waals surface area (Å²) in [5.74, 6) is 3.37. The molecule has 52 heavy (non-hydrogen) atoms. The van der Waals surface area contributed by atoms with Crippen LogP contribution in [0.25, 0.3) is 33.4 Å². The van der Waals surface area contributed by atoms with Gasteiger partial charge in [0.15, 0.2) is 0 Å². The van der Waals surface area contributed by atoms with Gasteiger partial charge in [0, 0.05) is 27.9 Å². The fourth-order valence-corrected chi connectivity index (χ4v) is 12.1. The summed E-state index contributed by atoms with van der Waals surface area (Å²) in [7, 11) is 0. The Hall–Kier alpha value is -5.39. The molecule has 4 fully saturated rings. The number of nitrogens with zero attached hydrogens (tertiary/aromatic N) is 2. The lowest BCUT2D eigenvalue weighted by Gasteiger charge is -2.61. The smallest absolute Gasteiger partial charge is 0.0991 e. The lowest BCUT2D eigenvalue weighted by molar-refractivity contribution is -0.0399. The highest BCUT2D eigenvalue weighted by Crippen LogP contribution is 2.69. The monoisotopic (exact) mass is 670 g/mol. The molecule has 0 aromatic heterocycles. The first-order chi connectivity index (χ1) is 25.4. The van der Waals surface area contributed by atoms with Gasteiger partial charge in [-0.2, -0.15) is 5.26 Å². The summed E-state index contributed by atoms with van der Waals surface area (Å²) in [4.78, 5) is 2.48. The molecule has 1 spiro atoms. The normalized spacial score (nSPS) is 24.9. The highest BCUT2D eigenvalue weighted by molar-refractivity contribution is 5.89. The predicted molar refractivity (Wildman–Crippen MR) is 212 cm³/mol. The van der Waals surface area contributed by atoms with Crippen molar-refractivity contribution < 1.29 is 0 Å². The van der Waals surface area contributed by atoms with Crippen LogP contribution in [-0.2, 0) is 10.8 Å². The molecule has 0 atom stereocenters. The van der Waals surface area contributed by atoms with Crippen LogP contribution in [0.1, 0.15) is 73.8 Å². The molecule has 12 rings (SSSR count). The van der Waals surface area contributed by atoms with E-state index in [1.54, 1.807) is 11.1 Å². The molecule has 6 aromatic rings. The first kappa shape index (κ1) is 30.3. The van der Waals surface area contributed by atoms with Crippen LogP contribution in [0.3, 0.4) is 0 Å². The van der Waals surface area contributed by atoms with Crippen molar-refractivity contribution in [3.8, 4) is 39.4 Å². The molecule has 0 heterocycles. The number of rotatable bonds is 4. The predicted octanol–water partition coefficient (Wildman–Crippen LogP) is 12.7. The van der Waals surface area contributed by atoms with E-state index in [1.807, 2.05) is 24.3 Å². The van der Waals surface area contributed by atoms with Crippen LogP contribution in [0, 0.1) is 35.0 Å². The summed E-state index contributed by atoms with van der Waals surface area (Å²) >= 11 is 0. The third kappa shape index (κ3) is 4.06. The Bertz CT molecular complexity index is 2430. The number of fused-ring (bicyclic) bond motifs is 6. The highest BCUT2D eigenvalue weighted by Gasteiger charge is 2.61. The lowest BCUT2D eigenvalue weighted by atomic mass is 9.43. The second kappa shape index (κ2) is 10.8. The molecule has 0 amide bonds. The standard InChI is InChI=1S/C50H42N2/c1-49(2)45-9-5-3-7-41(45)43-21-19-40(29-48(43)49)52(38-17-15-35(16-18-38)34-13-11-31(30-51)12-14-34)39-20-22-47-44(28-39)42-8-4-6-10-46(42)50(47)36-24-32-23-33(26-36)27-37(50)25-32/h3-22,28-29,32-33,36-37H,23-27H2,1-2H3. The Morgan fingerprint density at radius 3 is 1.69 bits per heavy atom. The first-order valence-corrected chi connectivity index (χ1v) is 19.3. The largest absolute Gasteiger partial charge is 0.310 e. The molecular weight excluding hydrogens is 629 g/mol. The molecule has 6 aliphatic rings. The topological polar surface area (TPSA) is 27.0 Å². The molecule has 252 valence electrons. The third-order valence-corrected chi connectivity index (χ3v) is 14.1. The van der Waals surface area contributed by atoms with Crippen LogP contribution < -0.4 is 4.90 Å². The van der Waals surface area contributed by atoms with Gasteiger partial charge in [0.1, 0.15) is 0 Å². The van der Waals surface area contributed by atoms with Crippen molar-refractivity contribution >= 4 is 17.1 Å². The molecule has 6 aromatic carbocycles. The molecule has 0 N–H and O–H groups in total. The zero-order valence-electron chi connectivity index (χ0n) is 29.9. The first-order valence-electron chi connectivity index (χ1n) is 19.3. The quantitative estimate of drug-likeness (QED) is 0.187. The van der Waals surface area contributed by atoms with E-state index in [0.29, 0.717) is 5.56 Å². The molecular formula is C50H42N2. The Labute approximate surface area is 307 Å². The summed E-state index contributed by atoms with van der Waals surface area (Å²) < 4.78 is 0. The maximum Gasteiger partial charge on any atom is 0.0991 e. The SMILES string of the molecule is CC1(C)c2ccccc2-c2ccc(N(c3ccc(-c4ccc(C#N)cc4)cc3)c3ccc4c(c3)-c3ccccc3C43C4CC5CC(C4)CC3C5)cc21. The summed E-state index contributed by atoms with van der Waals surface area (Å²) in [6, 6.07) is 52.1. The minimum absolute atomic E-state index is 0.0875. The molecule has 2 heteroatoms. The van der Waals surface area contributed by atoms with Gasteiger partial charge in [-0.3, -0.25) is 0 Å². The van der Waals surface area contributed by atoms with Gasteiger partial charge in [0.05, 0.1) is 11.6 Å². The molecule has 2 nitrogen and oxygen atoms in total. The second-order valence-corrected chi connectivity index (χ2v) is 16.9. The van der Waals surface area contributed by atoms with Crippen LogP contribution >= 0.6 is 0 Å². The number of nitriles is 1. The maximum absolute atomic E-state index is 9.34. The van der Waals surface area contributed by atoms with E-state index in [-0.39, 0.29) is 10.8 Å². The second-order valence-electron chi connectivity index (χ2n) is 16.9. The van der Waals surface area contributed by atoms with Gasteiger partial charge >= 0.3 is 0 Å². The minimum atomic E-state index is -0.0875. The van der Waals surface area contributed by atoms with Crippen LogP contribution in [0.5, 0.6) is 0 Å². The van der Waals surface area contributed by atoms with E-state index in [2.05, 4.69) is 134 Å². The van der Waals surface area contributed by atoms with Crippen molar-refractivity contribution in [2.45, 2.75) is 56.8 Å². The van der Waals surface area contributed by atoms with Crippen molar-refractivity contribution in [2.24, 2.45) is 23.7 Å². The molecule has 0 radical (unpaired) electrons. The van der Waals surface area contributed by atoms with Crippen LogP contribution in [0.4, 0.5) is 17.1 Å². The summed E-state index contributed by atoms with van der Waals surface area (Å²) in [6.45, 7) is 4.74. The van der Waals surface area contributed by atoms with E-state index >= 15 is 0 Å². The number of benzene rings is 6. The van der Waals surface area contributed by atoms with Gasteiger partial charge in [0.2, 0.25) is 0 Å². The van der Waals surface area contributed by atoms with E-state index in [9.17, 15) is 5.26 Å². The lowest BCUT2D eigenvalue weighted by Crippen LogP contribution is -2.55. The number of anilines is 3. The molecule has 4 saturated carbocycles. The fraction of sp³-hybridized carbons (Fsp3) is 0.260. The van der Waals surface area contributed by atoms with E-state index in [1.165, 1.54) is 76.9 Å². The highest BCUT2D eigenvalue weighted by atomic mass is 15.1. The van der Waals surface area contributed by atoms with Gasteiger partial charge < -0.3 is 4.90 Å². The van der Waals surface area contributed by atoms with Gasteiger partial charge in [-0.05, 0) is 160 Å². The van der Waals surface area contributed by atoms with Crippen LogP contribution in [0.15, 0.2) is 133 Å². The Balaban J connectivity index is 1.07. The van der Waals surface area contributed by atoms with Crippen molar-refractivity contribution in [1.29, 1.82) is 5.26 Å². The van der Waals surface area contributed by atoms with Crippen LogP contribution in [0.2, 0.25) is 0 Å². The molecule has 6 aliphatic carbocycles. The summed E-state index contributed by atoms with van der Waals surface area (Å²) in [6.07, 6.45) is 7.06.